The van der Waals surface area contributed by atoms with Crippen LogP contribution in [0.4, 0.5) is 0 Å². The van der Waals surface area contributed by atoms with Crippen molar-refractivity contribution in [2.45, 2.75) is 31.9 Å². The molecule has 0 fully saturated rings. The Morgan fingerprint density at radius 2 is 1.88 bits per heavy atom. The lowest BCUT2D eigenvalue weighted by atomic mass is 9.87. The van der Waals surface area contributed by atoms with E-state index in [1.165, 1.54) is 0 Å². The van der Waals surface area contributed by atoms with Gasteiger partial charge in [0.2, 0.25) is 0 Å². The summed E-state index contributed by atoms with van der Waals surface area (Å²) in [5, 5.41) is 22.3. The highest BCUT2D eigenvalue weighted by Gasteiger charge is 2.31. The van der Waals surface area contributed by atoms with Gasteiger partial charge in [0.25, 0.3) is 0 Å². The summed E-state index contributed by atoms with van der Waals surface area (Å²) in [5.74, 6) is 0. The van der Waals surface area contributed by atoms with Crippen LogP contribution in [0.1, 0.15) is 31.9 Å². The average molecular weight is 260 g/mol. The van der Waals surface area contributed by atoms with Gasteiger partial charge in [-0.25, -0.2) is 0 Å². The molecule has 0 spiro atoms. The van der Waals surface area contributed by atoms with Gasteiger partial charge in [-0.1, -0.05) is 37.3 Å². The van der Waals surface area contributed by atoms with Gasteiger partial charge < -0.3 is 15.5 Å². The van der Waals surface area contributed by atoms with E-state index in [4.69, 9.17) is 5.11 Å². The fourth-order valence-electron chi connectivity index (χ4n) is 1.76. The summed E-state index contributed by atoms with van der Waals surface area (Å²) in [5.41, 5.74) is 0.502. The van der Waals surface area contributed by atoms with E-state index in [1.807, 2.05) is 44.2 Å². The zero-order valence-electron chi connectivity index (χ0n) is 10.4. The van der Waals surface area contributed by atoms with Crippen molar-refractivity contribution in [3.63, 3.8) is 0 Å². The fourth-order valence-corrected chi connectivity index (χ4v) is 1.76. The van der Waals surface area contributed by atoms with Crippen LogP contribution in [0.15, 0.2) is 30.3 Å². The van der Waals surface area contributed by atoms with Crippen LogP contribution in [0, 0.1) is 0 Å². The highest BCUT2D eigenvalue weighted by molar-refractivity contribution is 5.85. The van der Waals surface area contributed by atoms with Gasteiger partial charge in [-0.05, 0) is 18.9 Å². The zero-order chi connectivity index (χ0) is 12.0. The largest absolute Gasteiger partial charge is 0.395 e. The number of rotatable bonds is 6. The molecule has 1 aromatic carbocycles. The van der Waals surface area contributed by atoms with Crippen LogP contribution in [-0.4, -0.2) is 28.9 Å². The SMILES string of the molecule is CCC(C)(NCCO)C(O)c1ccccc1.Cl. The lowest BCUT2D eigenvalue weighted by Crippen LogP contribution is -2.48. The Labute approximate surface area is 109 Å². The topological polar surface area (TPSA) is 52.5 Å². The highest BCUT2D eigenvalue weighted by atomic mass is 35.5. The number of aliphatic hydroxyl groups is 2. The molecule has 0 aliphatic heterocycles. The molecule has 17 heavy (non-hydrogen) atoms. The quantitative estimate of drug-likeness (QED) is 0.731. The van der Waals surface area contributed by atoms with Gasteiger partial charge >= 0.3 is 0 Å². The molecular formula is C13H22ClNO2. The molecule has 0 amide bonds. The molecule has 0 aromatic heterocycles. The van der Waals surface area contributed by atoms with Crippen LogP contribution in [0.2, 0.25) is 0 Å². The van der Waals surface area contributed by atoms with Crippen molar-refractivity contribution in [1.29, 1.82) is 0 Å². The Hall–Kier alpha value is -0.610. The van der Waals surface area contributed by atoms with E-state index in [1.54, 1.807) is 0 Å². The van der Waals surface area contributed by atoms with E-state index in [9.17, 15) is 5.11 Å². The van der Waals surface area contributed by atoms with Crippen molar-refractivity contribution < 1.29 is 10.2 Å². The van der Waals surface area contributed by atoms with Crippen molar-refractivity contribution in [2.24, 2.45) is 0 Å². The Kier molecular flexibility index (Phi) is 7.39. The van der Waals surface area contributed by atoms with Gasteiger partial charge in [-0.3, -0.25) is 0 Å². The molecule has 0 radical (unpaired) electrons. The predicted octanol–water partition coefficient (Wildman–Crippen LogP) is 1.89. The van der Waals surface area contributed by atoms with Crippen LogP contribution >= 0.6 is 12.4 Å². The first-order valence-corrected chi connectivity index (χ1v) is 5.73. The van der Waals surface area contributed by atoms with E-state index in [0.29, 0.717) is 6.54 Å². The first-order valence-electron chi connectivity index (χ1n) is 5.73. The van der Waals surface area contributed by atoms with Gasteiger partial charge in [-0.2, -0.15) is 0 Å². The molecule has 3 N–H and O–H groups in total. The summed E-state index contributed by atoms with van der Waals surface area (Å²) in [6.45, 7) is 4.57. The second-order valence-electron chi connectivity index (χ2n) is 4.23. The van der Waals surface area contributed by atoms with Gasteiger partial charge in [0.15, 0.2) is 0 Å². The molecule has 4 heteroatoms. The van der Waals surface area contributed by atoms with Crippen LogP contribution < -0.4 is 5.32 Å². The zero-order valence-corrected chi connectivity index (χ0v) is 11.2. The standard InChI is InChI=1S/C13H21NO2.ClH/c1-3-13(2,14-9-10-15)12(16)11-7-5-4-6-8-11;/h4-8,12,14-16H,3,9-10H2,1-2H3;1H. The van der Waals surface area contributed by atoms with Crippen molar-refractivity contribution in [1.82, 2.24) is 5.32 Å². The molecule has 0 aliphatic rings. The molecule has 2 atom stereocenters. The molecule has 0 heterocycles. The summed E-state index contributed by atoms with van der Waals surface area (Å²) in [6.07, 6.45) is 0.230. The minimum atomic E-state index is -0.565. The molecule has 1 rings (SSSR count). The predicted molar refractivity (Wildman–Crippen MR) is 72.4 cm³/mol. The minimum Gasteiger partial charge on any atom is -0.395 e. The molecule has 0 aliphatic carbocycles. The molecule has 3 nitrogen and oxygen atoms in total. The molecule has 98 valence electrons. The van der Waals surface area contributed by atoms with E-state index < -0.39 is 11.6 Å². The third kappa shape index (κ3) is 4.28. The third-order valence-electron chi connectivity index (χ3n) is 3.09. The lowest BCUT2D eigenvalue weighted by molar-refractivity contribution is 0.0630. The number of hydrogen-bond donors (Lipinski definition) is 3. The Morgan fingerprint density at radius 1 is 1.29 bits per heavy atom. The van der Waals surface area contributed by atoms with Crippen LogP contribution in [0.25, 0.3) is 0 Å². The van der Waals surface area contributed by atoms with E-state index >= 15 is 0 Å². The van der Waals surface area contributed by atoms with Crippen molar-refractivity contribution >= 4 is 12.4 Å². The Bertz CT molecular complexity index is 308. The maximum atomic E-state index is 10.3. The molecule has 0 saturated heterocycles. The minimum absolute atomic E-state index is 0. The van der Waals surface area contributed by atoms with E-state index in [2.05, 4.69) is 5.32 Å². The Balaban J connectivity index is 0.00000256. The maximum absolute atomic E-state index is 10.3. The number of hydrogen-bond acceptors (Lipinski definition) is 3. The molecule has 0 saturated carbocycles. The summed E-state index contributed by atoms with van der Waals surface area (Å²) < 4.78 is 0. The number of benzene rings is 1. The summed E-state index contributed by atoms with van der Waals surface area (Å²) in [6, 6.07) is 9.60. The first kappa shape index (κ1) is 16.4. The smallest absolute Gasteiger partial charge is 0.0968 e. The van der Waals surface area contributed by atoms with Gasteiger partial charge in [-0.15, -0.1) is 12.4 Å². The van der Waals surface area contributed by atoms with Crippen LogP contribution in [-0.2, 0) is 0 Å². The highest BCUT2D eigenvalue weighted by Crippen LogP contribution is 2.28. The van der Waals surface area contributed by atoms with Crippen LogP contribution in [0.5, 0.6) is 0 Å². The summed E-state index contributed by atoms with van der Waals surface area (Å²) in [7, 11) is 0. The Morgan fingerprint density at radius 3 is 2.35 bits per heavy atom. The second kappa shape index (κ2) is 7.67. The van der Waals surface area contributed by atoms with Gasteiger partial charge in [0.1, 0.15) is 0 Å². The monoisotopic (exact) mass is 259 g/mol. The molecule has 2 unspecified atom stereocenters. The number of aliphatic hydroxyl groups excluding tert-OH is 2. The second-order valence-corrected chi connectivity index (χ2v) is 4.23. The van der Waals surface area contributed by atoms with E-state index in [-0.39, 0.29) is 19.0 Å². The number of halogens is 1. The normalized spacial score (nSPS) is 15.8. The first-order chi connectivity index (χ1) is 7.64. The summed E-state index contributed by atoms with van der Waals surface area (Å²) in [4.78, 5) is 0. The lowest BCUT2D eigenvalue weighted by Gasteiger charge is -2.35. The van der Waals surface area contributed by atoms with Crippen LogP contribution in [0.3, 0.4) is 0 Å². The summed E-state index contributed by atoms with van der Waals surface area (Å²) >= 11 is 0. The molecular weight excluding hydrogens is 238 g/mol. The fraction of sp³-hybridized carbons (Fsp3) is 0.538. The van der Waals surface area contributed by atoms with Crippen molar-refractivity contribution in [2.75, 3.05) is 13.2 Å². The van der Waals surface area contributed by atoms with E-state index in [0.717, 1.165) is 12.0 Å². The van der Waals surface area contributed by atoms with Crippen molar-refractivity contribution in [3.05, 3.63) is 35.9 Å². The third-order valence-corrected chi connectivity index (χ3v) is 3.09. The molecule has 1 aromatic rings. The van der Waals surface area contributed by atoms with Crippen molar-refractivity contribution in [3.8, 4) is 0 Å². The number of β-amino-alcohol motifs (C(OH)–C–C–N with tert-alkyl or cyclic N) is 1. The molecule has 0 bridgehead atoms. The van der Waals surface area contributed by atoms with Gasteiger partial charge in [0.05, 0.1) is 12.7 Å². The van der Waals surface area contributed by atoms with Gasteiger partial charge in [0, 0.05) is 12.1 Å². The average Bonchev–Trinajstić information content (AvgIpc) is 2.36. The maximum Gasteiger partial charge on any atom is 0.0968 e. The number of nitrogens with one attached hydrogen (secondary N) is 1.